The monoisotopic (exact) mass is 414 g/mol. The van der Waals surface area contributed by atoms with E-state index in [1.165, 1.54) is 4.90 Å². The minimum Gasteiger partial charge on any atom is -0.326 e. The van der Waals surface area contributed by atoms with Gasteiger partial charge in [0.1, 0.15) is 0 Å². The maximum Gasteiger partial charge on any atom is 0.261 e. The number of anilines is 1. The van der Waals surface area contributed by atoms with Gasteiger partial charge in [-0.25, -0.2) is 0 Å². The van der Waals surface area contributed by atoms with Crippen molar-refractivity contribution in [1.82, 2.24) is 4.90 Å². The molecule has 31 heavy (non-hydrogen) atoms. The molecule has 0 bridgehead atoms. The van der Waals surface area contributed by atoms with Crippen LogP contribution in [0.3, 0.4) is 0 Å². The Labute approximate surface area is 182 Å². The van der Waals surface area contributed by atoms with Crippen molar-refractivity contribution in [2.75, 3.05) is 11.9 Å². The highest BCUT2D eigenvalue weighted by Crippen LogP contribution is 2.30. The lowest BCUT2D eigenvalue weighted by atomic mass is 9.94. The van der Waals surface area contributed by atoms with Crippen molar-refractivity contribution in [3.05, 3.63) is 77.4 Å². The van der Waals surface area contributed by atoms with Gasteiger partial charge in [-0.3, -0.25) is 19.3 Å². The van der Waals surface area contributed by atoms with Crippen LogP contribution in [-0.4, -0.2) is 29.2 Å². The highest BCUT2D eigenvalue weighted by molar-refractivity contribution is 6.25. The van der Waals surface area contributed by atoms with E-state index in [1.54, 1.807) is 12.1 Å². The zero-order valence-electron chi connectivity index (χ0n) is 17.9. The molecule has 1 heterocycles. The quantitative estimate of drug-likeness (QED) is 0.529. The van der Waals surface area contributed by atoms with Crippen LogP contribution >= 0.6 is 0 Å². The van der Waals surface area contributed by atoms with E-state index in [0.29, 0.717) is 23.5 Å². The van der Waals surface area contributed by atoms with Crippen molar-refractivity contribution in [3.8, 4) is 0 Å². The molecular formula is C26H26N2O3. The third-order valence-corrected chi connectivity index (χ3v) is 6.02. The molecule has 4 rings (SSSR count). The number of hydrogen-bond acceptors (Lipinski definition) is 3. The molecule has 0 aliphatic carbocycles. The standard InChI is InChI=1S/C26H26N2O3/c1-3-17(2)19-11-4-5-14-22(19)27-23(29)15-8-16-28-25(30)20-12-6-9-18-10-7-13-21(24(18)20)26(28)31/h4-7,9-14,17H,3,8,15-16H2,1-2H3,(H,27,29)/t17-/m0/s1. The number of nitrogens with zero attached hydrogens (tertiary/aromatic N) is 1. The summed E-state index contributed by atoms with van der Waals surface area (Å²) in [6, 6.07) is 18.8. The van der Waals surface area contributed by atoms with Gasteiger partial charge in [0.05, 0.1) is 0 Å². The molecule has 0 saturated carbocycles. The number of carbonyl (C=O) groups is 3. The molecule has 5 nitrogen and oxygen atoms in total. The molecule has 3 amide bonds. The molecule has 0 radical (unpaired) electrons. The van der Waals surface area contributed by atoms with E-state index in [4.69, 9.17) is 0 Å². The van der Waals surface area contributed by atoms with Crippen molar-refractivity contribution in [2.45, 2.75) is 39.0 Å². The van der Waals surface area contributed by atoms with Crippen molar-refractivity contribution in [1.29, 1.82) is 0 Å². The summed E-state index contributed by atoms with van der Waals surface area (Å²) in [4.78, 5) is 39.7. The summed E-state index contributed by atoms with van der Waals surface area (Å²) in [5, 5.41) is 4.59. The zero-order chi connectivity index (χ0) is 22.0. The lowest BCUT2D eigenvalue weighted by molar-refractivity contribution is -0.116. The summed E-state index contributed by atoms with van der Waals surface area (Å²) in [7, 11) is 0. The Balaban J connectivity index is 1.42. The van der Waals surface area contributed by atoms with E-state index in [1.807, 2.05) is 48.5 Å². The van der Waals surface area contributed by atoms with Crippen molar-refractivity contribution in [2.24, 2.45) is 0 Å². The Morgan fingerprint density at radius 3 is 2.23 bits per heavy atom. The molecule has 1 atom stereocenters. The van der Waals surface area contributed by atoms with Crippen LogP contribution in [0.15, 0.2) is 60.7 Å². The molecule has 0 fully saturated rings. The van der Waals surface area contributed by atoms with E-state index in [0.717, 1.165) is 28.4 Å². The van der Waals surface area contributed by atoms with E-state index in [2.05, 4.69) is 19.2 Å². The van der Waals surface area contributed by atoms with Crippen LogP contribution in [0.4, 0.5) is 5.69 Å². The van der Waals surface area contributed by atoms with Gasteiger partial charge in [-0.15, -0.1) is 0 Å². The Kier molecular flexibility index (Phi) is 5.85. The minimum absolute atomic E-state index is 0.116. The third kappa shape index (κ3) is 3.96. The van der Waals surface area contributed by atoms with Gasteiger partial charge < -0.3 is 5.32 Å². The highest BCUT2D eigenvalue weighted by Gasteiger charge is 2.32. The fraction of sp³-hybridized carbons (Fsp3) is 0.269. The average molecular weight is 415 g/mol. The van der Waals surface area contributed by atoms with Gasteiger partial charge in [0, 0.05) is 35.2 Å². The molecular weight excluding hydrogens is 388 g/mol. The second-order valence-electron chi connectivity index (χ2n) is 8.02. The van der Waals surface area contributed by atoms with E-state index in [-0.39, 0.29) is 30.7 Å². The van der Waals surface area contributed by atoms with Gasteiger partial charge in [-0.2, -0.15) is 0 Å². The van der Waals surface area contributed by atoms with Gasteiger partial charge in [0.15, 0.2) is 0 Å². The summed E-state index contributed by atoms with van der Waals surface area (Å²) < 4.78 is 0. The largest absolute Gasteiger partial charge is 0.326 e. The fourth-order valence-electron chi connectivity index (χ4n) is 4.15. The minimum atomic E-state index is -0.295. The third-order valence-electron chi connectivity index (χ3n) is 6.02. The van der Waals surface area contributed by atoms with Gasteiger partial charge in [-0.1, -0.05) is 56.3 Å². The first-order chi connectivity index (χ1) is 15.0. The smallest absolute Gasteiger partial charge is 0.261 e. The van der Waals surface area contributed by atoms with Crippen LogP contribution in [-0.2, 0) is 4.79 Å². The summed E-state index contributed by atoms with van der Waals surface area (Å²) in [5.74, 6) is -0.355. The number of nitrogens with one attached hydrogen (secondary N) is 1. The van der Waals surface area contributed by atoms with Crippen LogP contribution in [0.5, 0.6) is 0 Å². The number of rotatable bonds is 7. The Morgan fingerprint density at radius 2 is 1.58 bits per heavy atom. The number of imide groups is 1. The first kappa shape index (κ1) is 20.8. The SMILES string of the molecule is CC[C@H](C)c1ccccc1NC(=O)CCCN1C(=O)c2cccc3cccc(c23)C1=O. The first-order valence-corrected chi connectivity index (χ1v) is 10.8. The van der Waals surface area contributed by atoms with Crippen LogP contribution in [0.1, 0.15) is 65.3 Å². The summed E-state index contributed by atoms with van der Waals surface area (Å²) in [6.07, 6.45) is 1.63. The summed E-state index contributed by atoms with van der Waals surface area (Å²) >= 11 is 0. The second-order valence-corrected chi connectivity index (χ2v) is 8.02. The number of amides is 3. The highest BCUT2D eigenvalue weighted by atomic mass is 16.2. The molecule has 1 aliphatic heterocycles. The topological polar surface area (TPSA) is 66.5 Å². The molecule has 3 aromatic carbocycles. The lowest BCUT2D eigenvalue weighted by Crippen LogP contribution is -2.41. The number of carbonyl (C=O) groups excluding carboxylic acids is 3. The molecule has 0 saturated heterocycles. The first-order valence-electron chi connectivity index (χ1n) is 10.8. The predicted octanol–water partition coefficient (Wildman–Crippen LogP) is 5.37. The molecule has 3 aromatic rings. The second kappa shape index (κ2) is 8.72. The Morgan fingerprint density at radius 1 is 0.935 bits per heavy atom. The van der Waals surface area contributed by atoms with E-state index < -0.39 is 0 Å². The van der Waals surface area contributed by atoms with Crippen LogP contribution < -0.4 is 5.32 Å². The van der Waals surface area contributed by atoms with Gasteiger partial charge in [-0.05, 0) is 47.9 Å². The van der Waals surface area contributed by atoms with Crippen LogP contribution in [0, 0.1) is 0 Å². The lowest BCUT2D eigenvalue weighted by Gasteiger charge is -2.27. The van der Waals surface area contributed by atoms with Gasteiger partial charge in [0.2, 0.25) is 5.91 Å². The Bertz CT molecular complexity index is 1120. The molecule has 1 aliphatic rings. The fourth-order valence-corrected chi connectivity index (χ4v) is 4.15. The average Bonchev–Trinajstić information content (AvgIpc) is 2.79. The molecule has 0 unspecified atom stereocenters. The summed E-state index contributed by atoms with van der Waals surface area (Å²) in [6.45, 7) is 4.47. The van der Waals surface area contributed by atoms with E-state index >= 15 is 0 Å². The number of para-hydroxylation sites is 1. The van der Waals surface area contributed by atoms with Crippen molar-refractivity contribution in [3.63, 3.8) is 0 Å². The molecule has 158 valence electrons. The van der Waals surface area contributed by atoms with Gasteiger partial charge in [0.25, 0.3) is 11.8 Å². The number of hydrogen-bond donors (Lipinski definition) is 1. The molecule has 0 spiro atoms. The van der Waals surface area contributed by atoms with Crippen LogP contribution in [0.2, 0.25) is 0 Å². The Hall–Kier alpha value is -3.47. The summed E-state index contributed by atoms with van der Waals surface area (Å²) in [5.41, 5.74) is 3.02. The van der Waals surface area contributed by atoms with Gasteiger partial charge >= 0.3 is 0 Å². The van der Waals surface area contributed by atoms with E-state index in [9.17, 15) is 14.4 Å². The zero-order valence-corrected chi connectivity index (χ0v) is 17.9. The molecule has 1 N–H and O–H groups in total. The maximum atomic E-state index is 12.9. The molecule has 0 aromatic heterocycles. The van der Waals surface area contributed by atoms with Crippen molar-refractivity contribution >= 4 is 34.2 Å². The predicted molar refractivity (Wildman–Crippen MR) is 122 cm³/mol. The van der Waals surface area contributed by atoms with Crippen LogP contribution in [0.25, 0.3) is 10.8 Å². The normalized spacial score (nSPS) is 14.1. The maximum absolute atomic E-state index is 12.9. The van der Waals surface area contributed by atoms with Crippen molar-refractivity contribution < 1.29 is 14.4 Å². The number of benzene rings is 3. The molecule has 5 heteroatoms.